The molecule has 0 bridgehead atoms. The first kappa shape index (κ1) is 31.6. The molecule has 1 saturated heterocycles. The number of benzene rings is 2. The summed E-state index contributed by atoms with van der Waals surface area (Å²) in [4.78, 5) is 40.3. The Morgan fingerprint density at radius 1 is 1.04 bits per heavy atom. The summed E-state index contributed by atoms with van der Waals surface area (Å²) in [6.07, 6.45) is 1.45. The number of phenolic OH excluding ortho intramolecular Hbond substituents is 2. The van der Waals surface area contributed by atoms with Crippen molar-refractivity contribution in [2.45, 2.75) is 101 Å². The van der Waals surface area contributed by atoms with Gasteiger partial charge in [0.05, 0.1) is 48.2 Å². The van der Waals surface area contributed by atoms with Crippen LogP contribution in [0.5, 0.6) is 17.2 Å². The second-order valence-corrected chi connectivity index (χ2v) is 12.5. The number of nitrogens with two attached hydrogens (primary N) is 1. The Labute approximate surface area is 260 Å². The molecule has 6 atom stereocenters. The van der Waals surface area contributed by atoms with Crippen LogP contribution in [0.25, 0.3) is 0 Å². The SMILES string of the molecule is COc1cccc2c1C(=O)c1c(O)c3c(c(O)c1C2=O)C[C@@](O)(C(=O)CO)C[C@@H]3OC1C[C@H](N)[C@H](OC2CCCCC2)[C@H](C)O1. The van der Waals surface area contributed by atoms with Crippen molar-refractivity contribution in [3.8, 4) is 17.2 Å². The Morgan fingerprint density at radius 3 is 2.42 bits per heavy atom. The lowest BCUT2D eigenvalue weighted by atomic mass is 9.72. The molecule has 1 aliphatic heterocycles. The maximum absolute atomic E-state index is 13.8. The molecule has 6 N–H and O–H groups in total. The van der Waals surface area contributed by atoms with Gasteiger partial charge in [-0.3, -0.25) is 14.4 Å². The minimum atomic E-state index is -2.22. The van der Waals surface area contributed by atoms with Crippen molar-refractivity contribution in [2.75, 3.05) is 13.7 Å². The smallest absolute Gasteiger partial charge is 0.202 e. The molecule has 1 saturated carbocycles. The number of fused-ring (bicyclic) bond motifs is 3. The lowest BCUT2D eigenvalue weighted by molar-refractivity contribution is -0.259. The number of aliphatic hydroxyl groups excluding tert-OH is 1. The number of hydrogen-bond donors (Lipinski definition) is 5. The fraction of sp³-hybridized carbons (Fsp3) is 0.545. The standard InChI is InChI=1S/C33H39NO11/c1-15-32(44-16-7-4-3-5-8-16)19(34)11-23(43-15)45-21-13-33(41,22(36)14-35)12-18-25(21)31(40)27-26(29(18)38)28(37)17-9-6-10-20(42-2)24(17)30(27)39/h6,9-10,15-16,19,21,23,32,35,38,40-41H,3-5,7-8,11-14,34H2,1-2H3/t15-,19-,21-,23?,32+,33-/m0/s1. The maximum Gasteiger partial charge on any atom is 0.202 e. The van der Waals surface area contributed by atoms with Gasteiger partial charge < -0.3 is 45.1 Å². The third-order valence-electron chi connectivity index (χ3n) is 9.67. The van der Waals surface area contributed by atoms with E-state index in [9.17, 15) is 34.8 Å². The number of ketones is 3. The van der Waals surface area contributed by atoms with E-state index >= 15 is 0 Å². The molecule has 2 aromatic rings. The summed E-state index contributed by atoms with van der Waals surface area (Å²) in [5.41, 5.74) is 3.13. The largest absolute Gasteiger partial charge is 0.507 e. The van der Waals surface area contributed by atoms with Gasteiger partial charge in [0.15, 0.2) is 17.9 Å². The topological polar surface area (TPSA) is 195 Å². The molecule has 242 valence electrons. The van der Waals surface area contributed by atoms with Crippen molar-refractivity contribution < 1.29 is 53.8 Å². The van der Waals surface area contributed by atoms with E-state index in [4.69, 9.17) is 24.7 Å². The number of hydrogen-bond acceptors (Lipinski definition) is 12. The van der Waals surface area contributed by atoms with Gasteiger partial charge in [0.1, 0.15) is 29.5 Å². The first-order chi connectivity index (χ1) is 21.5. The highest BCUT2D eigenvalue weighted by Crippen LogP contribution is 2.52. The molecule has 12 heteroatoms. The molecule has 6 rings (SSSR count). The van der Waals surface area contributed by atoms with Crippen LogP contribution in [-0.2, 0) is 25.4 Å². The molecule has 2 fully saturated rings. The van der Waals surface area contributed by atoms with Gasteiger partial charge in [-0.2, -0.15) is 0 Å². The van der Waals surface area contributed by atoms with E-state index in [0.29, 0.717) is 0 Å². The summed E-state index contributed by atoms with van der Waals surface area (Å²) in [5.74, 6) is -3.60. The molecule has 12 nitrogen and oxygen atoms in total. The molecular formula is C33H39NO11. The molecular weight excluding hydrogens is 586 g/mol. The average molecular weight is 626 g/mol. The van der Waals surface area contributed by atoms with Crippen molar-refractivity contribution >= 4 is 17.3 Å². The maximum atomic E-state index is 13.8. The second-order valence-electron chi connectivity index (χ2n) is 12.5. The monoisotopic (exact) mass is 625 g/mol. The molecule has 1 heterocycles. The Bertz CT molecular complexity index is 1520. The van der Waals surface area contributed by atoms with E-state index in [1.807, 2.05) is 6.92 Å². The minimum Gasteiger partial charge on any atom is -0.507 e. The van der Waals surface area contributed by atoms with Gasteiger partial charge in [-0.05, 0) is 25.8 Å². The van der Waals surface area contributed by atoms with Gasteiger partial charge in [0, 0.05) is 42.0 Å². The van der Waals surface area contributed by atoms with Crippen LogP contribution in [0, 0.1) is 0 Å². The van der Waals surface area contributed by atoms with E-state index in [2.05, 4.69) is 0 Å². The van der Waals surface area contributed by atoms with Crippen molar-refractivity contribution in [1.82, 2.24) is 0 Å². The Kier molecular flexibility index (Phi) is 8.48. The molecule has 0 spiro atoms. The molecule has 0 amide bonds. The molecule has 2 aromatic carbocycles. The highest BCUT2D eigenvalue weighted by atomic mass is 16.7. The fourth-order valence-electron chi connectivity index (χ4n) is 7.38. The number of carbonyl (C=O) groups is 3. The molecule has 1 unspecified atom stereocenters. The molecule has 45 heavy (non-hydrogen) atoms. The van der Waals surface area contributed by atoms with Crippen LogP contribution in [0.2, 0.25) is 0 Å². The molecule has 3 aliphatic carbocycles. The van der Waals surface area contributed by atoms with E-state index in [-0.39, 0.29) is 46.6 Å². The van der Waals surface area contributed by atoms with Crippen molar-refractivity contribution in [2.24, 2.45) is 5.73 Å². The summed E-state index contributed by atoms with van der Waals surface area (Å²) >= 11 is 0. The van der Waals surface area contributed by atoms with E-state index in [1.54, 1.807) is 0 Å². The zero-order valence-corrected chi connectivity index (χ0v) is 25.3. The van der Waals surface area contributed by atoms with Crippen LogP contribution in [-0.4, -0.2) is 87.7 Å². The summed E-state index contributed by atoms with van der Waals surface area (Å²) in [6, 6.07) is 3.96. The first-order valence-corrected chi connectivity index (χ1v) is 15.4. The zero-order chi connectivity index (χ0) is 32.2. The lowest BCUT2D eigenvalue weighted by Gasteiger charge is -2.44. The van der Waals surface area contributed by atoms with E-state index in [0.717, 1.165) is 25.7 Å². The van der Waals surface area contributed by atoms with Gasteiger partial charge >= 0.3 is 0 Å². The van der Waals surface area contributed by atoms with Crippen molar-refractivity contribution in [1.29, 1.82) is 0 Å². The highest BCUT2D eigenvalue weighted by molar-refractivity contribution is 6.31. The normalized spacial score (nSPS) is 29.9. The van der Waals surface area contributed by atoms with Crippen molar-refractivity contribution in [3.63, 3.8) is 0 Å². The average Bonchev–Trinajstić information content (AvgIpc) is 3.02. The Morgan fingerprint density at radius 2 is 1.76 bits per heavy atom. The third-order valence-corrected chi connectivity index (χ3v) is 9.67. The second kappa shape index (κ2) is 12.1. The van der Waals surface area contributed by atoms with E-state index in [1.165, 1.54) is 31.7 Å². The number of ether oxygens (including phenoxy) is 4. The number of phenols is 2. The third kappa shape index (κ3) is 5.33. The van der Waals surface area contributed by atoms with Gasteiger partial charge in [0.2, 0.25) is 5.78 Å². The number of carbonyl (C=O) groups excluding carboxylic acids is 3. The molecule has 0 radical (unpaired) electrons. The van der Waals surface area contributed by atoms with Crippen LogP contribution >= 0.6 is 0 Å². The summed E-state index contributed by atoms with van der Waals surface area (Å²) < 4.78 is 24.1. The number of rotatable bonds is 7. The molecule has 0 aromatic heterocycles. The summed E-state index contributed by atoms with van der Waals surface area (Å²) in [5, 5.41) is 44.3. The number of methoxy groups -OCH3 is 1. The van der Waals surface area contributed by atoms with Gasteiger partial charge in [-0.1, -0.05) is 31.4 Å². The van der Waals surface area contributed by atoms with E-state index < -0.39 is 89.6 Å². The van der Waals surface area contributed by atoms with Crippen LogP contribution in [0.3, 0.4) is 0 Å². The zero-order valence-electron chi connectivity index (χ0n) is 25.3. The van der Waals surface area contributed by atoms with Crippen LogP contribution in [0.1, 0.15) is 101 Å². The predicted molar refractivity (Wildman–Crippen MR) is 157 cm³/mol. The van der Waals surface area contributed by atoms with Crippen LogP contribution in [0.15, 0.2) is 18.2 Å². The summed E-state index contributed by atoms with van der Waals surface area (Å²) in [7, 11) is 1.34. The minimum absolute atomic E-state index is 0.0320. The highest BCUT2D eigenvalue weighted by Gasteiger charge is 2.50. The quantitative estimate of drug-likeness (QED) is 0.241. The Balaban J connectivity index is 1.38. The predicted octanol–water partition coefficient (Wildman–Crippen LogP) is 2.36. The van der Waals surface area contributed by atoms with Gasteiger partial charge in [0.25, 0.3) is 0 Å². The summed E-state index contributed by atoms with van der Waals surface area (Å²) in [6.45, 7) is 0.820. The number of Topliss-reactive ketones (excluding diaryl/α,β-unsaturated/α-hetero) is 1. The Hall–Kier alpha value is -3.39. The number of aromatic hydroxyl groups is 2. The van der Waals surface area contributed by atoms with Gasteiger partial charge in [-0.15, -0.1) is 0 Å². The number of aliphatic hydroxyl groups is 2. The van der Waals surface area contributed by atoms with Crippen LogP contribution in [0.4, 0.5) is 0 Å². The van der Waals surface area contributed by atoms with Crippen LogP contribution < -0.4 is 10.5 Å². The fourth-order valence-corrected chi connectivity index (χ4v) is 7.38. The van der Waals surface area contributed by atoms with Crippen molar-refractivity contribution in [3.05, 3.63) is 51.6 Å². The van der Waals surface area contributed by atoms with Gasteiger partial charge in [-0.25, -0.2) is 0 Å². The first-order valence-electron chi connectivity index (χ1n) is 15.4. The molecule has 4 aliphatic rings. The lowest BCUT2D eigenvalue weighted by Crippen LogP contribution is -2.55.